The monoisotopic (exact) mass is 331 g/mol. The molecule has 1 unspecified atom stereocenters. The van der Waals surface area contributed by atoms with Crippen LogP contribution in [0, 0.1) is 5.92 Å². The molecule has 2 aliphatic rings. The van der Waals surface area contributed by atoms with E-state index in [0.29, 0.717) is 17.8 Å². The Morgan fingerprint density at radius 3 is 2.71 bits per heavy atom. The summed E-state index contributed by atoms with van der Waals surface area (Å²) in [6.45, 7) is 5.52. The summed E-state index contributed by atoms with van der Waals surface area (Å²) in [6.07, 6.45) is 8.86. The van der Waals surface area contributed by atoms with E-state index in [0.717, 1.165) is 51.3 Å². The Bertz CT molecular complexity index is 556. The maximum Gasteiger partial charge on any atom is 0.219 e. The summed E-state index contributed by atoms with van der Waals surface area (Å²) >= 11 is 0. The lowest BCUT2D eigenvalue weighted by molar-refractivity contribution is -0.132. The zero-order valence-corrected chi connectivity index (χ0v) is 14.7. The molecule has 3 heterocycles. The molecule has 0 aliphatic carbocycles. The molecule has 1 amide bonds. The molecule has 2 N–H and O–H groups in total. The van der Waals surface area contributed by atoms with E-state index in [2.05, 4.69) is 19.8 Å². The van der Waals surface area contributed by atoms with Gasteiger partial charge in [-0.1, -0.05) is 12.8 Å². The van der Waals surface area contributed by atoms with E-state index in [1.54, 1.807) is 19.2 Å². The first kappa shape index (κ1) is 17.1. The molecule has 1 aromatic heterocycles. The number of piperidine rings is 1. The third-order valence-electron chi connectivity index (χ3n) is 5.47. The lowest BCUT2D eigenvalue weighted by atomic mass is 9.86. The van der Waals surface area contributed by atoms with Crippen LogP contribution in [0.25, 0.3) is 0 Å². The number of amides is 1. The summed E-state index contributed by atoms with van der Waals surface area (Å²) in [5.74, 6) is 2.21. The van der Waals surface area contributed by atoms with Gasteiger partial charge in [-0.15, -0.1) is 0 Å². The fraction of sp³-hybridized carbons (Fsp3) is 0.722. The molecule has 1 atom stereocenters. The largest absolute Gasteiger partial charge is 0.384 e. The summed E-state index contributed by atoms with van der Waals surface area (Å²) in [6, 6.07) is 2.16. The van der Waals surface area contributed by atoms with E-state index < -0.39 is 0 Å². The highest BCUT2D eigenvalue weighted by molar-refractivity contribution is 5.73. The quantitative estimate of drug-likeness (QED) is 0.917. The Balaban J connectivity index is 1.56. The summed E-state index contributed by atoms with van der Waals surface area (Å²) in [7, 11) is 0. The van der Waals surface area contributed by atoms with Gasteiger partial charge in [0.05, 0.1) is 6.54 Å². The van der Waals surface area contributed by atoms with Crippen LogP contribution in [0.2, 0.25) is 0 Å². The molecule has 6 heteroatoms. The molecule has 3 rings (SSSR count). The van der Waals surface area contributed by atoms with E-state index in [4.69, 9.17) is 5.73 Å². The van der Waals surface area contributed by atoms with Gasteiger partial charge < -0.3 is 10.6 Å². The topological polar surface area (TPSA) is 75.4 Å². The third-order valence-corrected chi connectivity index (χ3v) is 5.47. The van der Waals surface area contributed by atoms with Crippen LogP contribution in [0.3, 0.4) is 0 Å². The standard InChI is InChI=1S/C18H29N5O/c1-14(24)23-10-4-2-3-5-16(23)15-7-11-22(12-8-15)13-18-20-9-6-17(19)21-18/h6,9,15-16H,2-5,7-8,10-13H2,1H3,(H2,19,20,21). The maximum atomic E-state index is 12.0. The Hall–Kier alpha value is -1.69. The molecule has 2 saturated heterocycles. The first-order valence-electron chi connectivity index (χ1n) is 9.20. The van der Waals surface area contributed by atoms with Gasteiger partial charge in [0.2, 0.25) is 5.91 Å². The van der Waals surface area contributed by atoms with Crippen molar-refractivity contribution in [2.24, 2.45) is 5.92 Å². The maximum absolute atomic E-state index is 12.0. The Morgan fingerprint density at radius 1 is 1.21 bits per heavy atom. The fourth-order valence-corrected chi connectivity index (χ4v) is 4.20. The van der Waals surface area contributed by atoms with Crippen LogP contribution >= 0.6 is 0 Å². The number of nitrogens with zero attached hydrogens (tertiary/aromatic N) is 4. The smallest absolute Gasteiger partial charge is 0.219 e. The first-order valence-corrected chi connectivity index (χ1v) is 9.20. The van der Waals surface area contributed by atoms with Gasteiger partial charge >= 0.3 is 0 Å². The molecule has 1 aromatic rings. The highest BCUT2D eigenvalue weighted by atomic mass is 16.2. The summed E-state index contributed by atoms with van der Waals surface area (Å²) in [5.41, 5.74) is 5.73. The van der Waals surface area contributed by atoms with Crippen LogP contribution in [0.4, 0.5) is 5.82 Å². The van der Waals surface area contributed by atoms with Crippen molar-refractivity contribution in [2.75, 3.05) is 25.4 Å². The van der Waals surface area contributed by atoms with E-state index >= 15 is 0 Å². The molecule has 2 aliphatic heterocycles. The van der Waals surface area contributed by atoms with Crippen molar-refractivity contribution < 1.29 is 4.79 Å². The predicted octanol–water partition coefficient (Wildman–Crippen LogP) is 2.06. The molecule has 132 valence electrons. The van der Waals surface area contributed by atoms with Crippen LogP contribution in [-0.4, -0.2) is 51.4 Å². The van der Waals surface area contributed by atoms with E-state index in [1.165, 1.54) is 19.3 Å². The van der Waals surface area contributed by atoms with Gasteiger partial charge in [-0.05, 0) is 50.8 Å². The normalized spacial score (nSPS) is 23.9. The van der Waals surface area contributed by atoms with Crippen LogP contribution in [0.15, 0.2) is 12.3 Å². The Kier molecular flexibility index (Phi) is 5.66. The third kappa shape index (κ3) is 4.23. The zero-order valence-electron chi connectivity index (χ0n) is 14.7. The molecule has 6 nitrogen and oxygen atoms in total. The molecule has 0 radical (unpaired) electrons. The molecule has 2 fully saturated rings. The highest BCUT2D eigenvalue weighted by Gasteiger charge is 2.32. The second kappa shape index (κ2) is 7.92. The minimum Gasteiger partial charge on any atom is -0.384 e. The average Bonchev–Trinajstić information content (AvgIpc) is 2.82. The van der Waals surface area contributed by atoms with E-state index in [9.17, 15) is 4.79 Å². The number of carbonyl (C=O) groups excluding carboxylic acids is 1. The van der Waals surface area contributed by atoms with Gasteiger partial charge in [-0.25, -0.2) is 9.97 Å². The summed E-state index contributed by atoms with van der Waals surface area (Å²) < 4.78 is 0. The van der Waals surface area contributed by atoms with Crippen molar-refractivity contribution in [2.45, 2.75) is 58.0 Å². The van der Waals surface area contributed by atoms with Crippen molar-refractivity contribution in [3.8, 4) is 0 Å². The average molecular weight is 331 g/mol. The lowest BCUT2D eigenvalue weighted by Crippen LogP contribution is -2.47. The molecular formula is C18H29N5O. The van der Waals surface area contributed by atoms with Crippen LogP contribution in [0.1, 0.15) is 51.3 Å². The van der Waals surface area contributed by atoms with Crippen molar-refractivity contribution in [3.05, 3.63) is 18.1 Å². The Labute approximate surface area is 144 Å². The second-order valence-electron chi connectivity index (χ2n) is 7.14. The van der Waals surface area contributed by atoms with Crippen LogP contribution in [0.5, 0.6) is 0 Å². The number of carbonyl (C=O) groups is 1. The number of likely N-dealkylation sites (tertiary alicyclic amines) is 2. The molecule has 0 aromatic carbocycles. The fourth-order valence-electron chi connectivity index (χ4n) is 4.20. The summed E-state index contributed by atoms with van der Waals surface area (Å²) in [5, 5.41) is 0. The molecule has 0 bridgehead atoms. The van der Waals surface area contributed by atoms with Crippen LogP contribution < -0.4 is 5.73 Å². The predicted molar refractivity (Wildman–Crippen MR) is 94.1 cm³/mol. The van der Waals surface area contributed by atoms with Gasteiger partial charge in [-0.3, -0.25) is 9.69 Å². The van der Waals surface area contributed by atoms with Crippen molar-refractivity contribution in [3.63, 3.8) is 0 Å². The number of anilines is 1. The van der Waals surface area contributed by atoms with Gasteiger partial charge in [0.15, 0.2) is 0 Å². The molecule has 24 heavy (non-hydrogen) atoms. The van der Waals surface area contributed by atoms with Gasteiger partial charge in [-0.2, -0.15) is 0 Å². The number of nitrogen functional groups attached to an aromatic ring is 1. The number of hydrogen-bond acceptors (Lipinski definition) is 5. The summed E-state index contributed by atoms with van der Waals surface area (Å²) in [4.78, 5) is 25.2. The van der Waals surface area contributed by atoms with Gasteiger partial charge in [0, 0.05) is 25.7 Å². The van der Waals surface area contributed by atoms with Crippen molar-refractivity contribution >= 4 is 11.7 Å². The highest BCUT2D eigenvalue weighted by Crippen LogP contribution is 2.30. The van der Waals surface area contributed by atoms with E-state index in [1.807, 2.05) is 0 Å². The lowest BCUT2D eigenvalue weighted by Gasteiger charge is -2.40. The van der Waals surface area contributed by atoms with Gasteiger partial charge in [0.25, 0.3) is 0 Å². The van der Waals surface area contributed by atoms with Crippen molar-refractivity contribution in [1.82, 2.24) is 19.8 Å². The van der Waals surface area contributed by atoms with Crippen LogP contribution in [-0.2, 0) is 11.3 Å². The molecule has 0 saturated carbocycles. The first-order chi connectivity index (χ1) is 11.6. The molecular weight excluding hydrogens is 302 g/mol. The number of hydrogen-bond donors (Lipinski definition) is 1. The Morgan fingerprint density at radius 2 is 2.00 bits per heavy atom. The second-order valence-corrected chi connectivity index (χ2v) is 7.14. The number of rotatable bonds is 3. The zero-order chi connectivity index (χ0) is 16.9. The van der Waals surface area contributed by atoms with Gasteiger partial charge in [0.1, 0.15) is 11.6 Å². The SMILES string of the molecule is CC(=O)N1CCCCCC1C1CCN(Cc2nccc(N)n2)CC1. The number of nitrogens with two attached hydrogens (primary N) is 1. The van der Waals surface area contributed by atoms with E-state index in [-0.39, 0.29) is 5.91 Å². The molecule has 0 spiro atoms. The minimum atomic E-state index is 0.248. The minimum absolute atomic E-state index is 0.248. The van der Waals surface area contributed by atoms with Crippen molar-refractivity contribution in [1.29, 1.82) is 0 Å². The number of aromatic nitrogens is 2.